The van der Waals surface area contributed by atoms with Crippen LogP contribution in [0.15, 0.2) is 60.3 Å². The number of halogens is 1. The first-order valence-corrected chi connectivity index (χ1v) is 12.1. The number of benzene rings is 2. The summed E-state index contributed by atoms with van der Waals surface area (Å²) >= 11 is 7.29. The number of hydrogen-bond donors (Lipinski definition) is 1. The van der Waals surface area contributed by atoms with Crippen molar-refractivity contribution in [3.8, 4) is 11.5 Å². The first-order valence-electron chi connectivity index (χ1n) is 10.9. The number of aliphatic hydroxyl groups is 1. The van der Waals surface area contributed by atoms with Gasteiger partial charge in [0.25, 0.3) is 11.5 Å². The summed E-state index contributed by atoms with van der Waals surface area (Å²) in [5, 5.41) is 22.9. The molecule has 13 heteroatoms. The summed E-state index contributed by atoms with van der Waals surface area (Å²) < 4.78 is 11.0. The monoisotopic (exact) mass is 552 g/mol. The number of rotatable bonds is 6. The number of amides is 1. The Bertz CT molecular complexity index is 1650. The number of non-ortho nitro benzene ring substituents is 1. The normalized spacial score (nSPS) is 16.7. The predicted octanol–water partition coefficient (Wildman–Crippen LogP) is 4.90. The van der Waals surface area contributed by atoms with Crippen molar-refractivity contribution in [2.24, 2.45) is 0 Å². The summed E-state index contributed by atoms with van der Waals surface area (Å²) in [7, 11) is 2.79. The van der Waals surface area contributed by atoms with E-state index < -0.39 is 28.4 Å². The highest BCUT2D eigenvalue weighted by Crippen LogP contribution is 2.46. The molecule has 3 heterocycles. The number of nitro benzene ring substituents is 1. The molecule has 2 aromatic heterocycles. The van der Waals surface area contributed by atoms with Crippen LogP contribution in [0.1, 0.15) is 17.3 Å². The van der Waals surface area contributed by atoms with Gasteiger partial charge in [-0.3, -0.25) is 29.6 Å². The molecule has 1 N–H and O–H groups in total. The van der Waals surface area contributed by atoms with Crippen LogP contribution in [0.2, 0.25) is 5.02 Å². The molecule has 11 nitrogen and oxygen atoms in total. The van der Waals surface area contributed by atoms with E-state index in [0.29, 0.717) is 10.2 Å². The average Bonchev–Trinajstić information content (AvgIpc) is 3.46. The molecule has 1 amide bonds. The zero-order valence-electron chi connectivity index (χ0n) is 19.7. The molecule has 1 fully saturated rings. The van der Waals surface area contributed by atoms with Crippen molar-refractivity contribution < 1.29 is 29.1 Å². The van der Waals surface area contributed by atoms with Gasteiger partial charge in [-0.15, -0.1) is 0 Å². The van der Waals surface area contributed by atoms with Gasteiger partial charge in [-0.25, -0.2) is 4.98 Å². The second-order valence-corrected chi connectivity index (χ2v) is 9.43. The van der Waals surface area contributed by atoms with Gasteiger partial charge in [-0.1, -0.05) is 29.0 Å². The van der Waals surface area contributed by atoms with Crippen molar-refractivity contribution in [1.29, 1.82) is 0 Å². The first kappa shape index (κ1) is 25.1. The van der Waals surface area contributed by atoms with Gasteiger partial charge in [-0.05, 0) is 24.3 Å². The van der Waals surface area contributed by atoms with Gasteiger partial charge in [-0.2, -0.15) is 0 Å². The molecular formula is C25H17ClN4O7S. The number of nitro groups is 1. The van der Waals surface area contributed by atoms with Gasteiger partial charge in [0.15, 0.2) is 5.13 Å². The quantitative estimate of drug-likeness (QED) is 0.116. The number of Topliss-reactive ketones (excluding diaryl/α,β-unsaturated/α-hetero) is 1. The Morgan fingerprint density at radius 3 is 2.55 bits per heavy atom. The molecule has 192 valence electrons. The van der Waals surface area contributed by atoms with Crippen LogP contribution >= 0.6 is 22.9 Å². The number of aliphatic hydroxyl groups excluding tert-OH is 1. The van der Waals surface area contributed by atoms with Crippen molar-refractivity contribution in [3.05, 3.63) is 86.7 Å². The molecule has 0 radical (unpaired) electrons. The third-order valence-electron chi connectivity index (χ3n) is 5.92. The second kappa shape index (κ2) is 9.72. The Balaban J connectivity index is 1.73. The third kappa shape index (κ3) is 4.09. The lowest BCUT2D eigenvalue weighted by Gasteiger charge is -2.22. The fourth-order valence-corrected chi connectivity index (χ4v) is 5.42. The van der Waals surface area contributed by atoms with E-state index in [1.165, 1.54) is 50.7 Å². The Hall–Kier alpha value is -4.55. The van der Waals surface area contributed by atoms with Crippen molar-refractivity contribution in [2.45, 2.75) is 6.04 Å². The van der Waals surface area contributed by atoms with Gasteiger partial charge in [0.1, 0.15) is 23.3 Å². The van der Waals surface area contributed by atoms with Gasteiger partial charge in [0.2, 0.25) is 0 Å². The predicted molar refractivity (Wildman–Crippen MR) is 140 cm³/mol. The van der Waals surface area contributed by atoms with Crippen LogP contribution in [0.25, 0.3) is 16.0 Å². The smallest absolute Gasteiger partial charge is 0.301 e. The fourth-order valence-electron chi connectivity index (χ4n) is 4.16. The highest BCUT2D eigenvalue weighted by molar-refractivity contribution is 7.22. The molecule has 2 aromatic carbocycles. The van der Waals surface area contributed by atoms with Crippen LogP contribution in [-0.2, 0) is 9.59 Å². The van der Waals surface area contributed by atoms with Crippen molar-refractivity contribution in [1.82, 2.24) is 9.97 Å². The summed E-state index contributed by atoms with van der Waals surface area (Å²) in [6, 6.07) is 10.7. The number of aromatic nitrogens is 2. The number of fused-ring (bicyclic) bond motifs is 1. The number of methoxy groups -OCH3 is 2. The SMILES string of the molecule is COc1cc(OC)c(/C(O)=C2\C(=O)C(=O)N(c3nc4ccc([N+](=O)[O-])cc4s3)C2c2ccccn2)cc1Cl. The summed E-state index contributed by atoms with van der Waals surface area (Å²) in [6.45, 7) is 0. The van der Waals surface area contributed by atoms with Crippen LogP contribution in [0.3, 0.4) is 0 Å². The van der Waals surface area contributed by atoms with Crippen LogP contribution in [0.5, 0.6) is 11.5 Å². The Kier molecular flexibility index (Phi) is 6.43. The number of carbonyl (C=O) groups is 2. The van der Waals surface area contributed by atoms with Crippen LogP contribution in [-0.4, -0.2) is 45.9 Å². The van der Waals surface area contributed by atoms with E-state index in [-0.39, 0.29) is 44.2 Å². The first-order chi connectivity index (χ1) is 18.2. The van der Waals surface area contributed by atoms with E-state index in [0.717, 1.165) is 16.2 Å². The lowest BCUT2D eigenvalue weighted by molar-refractivity contribution is -0.384. The highest BCUT2D eigenvalue weighted by atomic mass is 35.5. The number of ether oxygens (including phenoxy) is 2. The molecule has 0 bridgehead atoms. The van der Waals surface area contributed by atoms with Crippen LogP contribution in [0, 0.1) is 10.1 Å². The molecular weight excluding hydrogens is 536 g/mol. The molecule has 0 saturated carbocycles. The van der Waals surface area contributed by atoms with E-state index in [4.69, 9.17) is 21.1 Å². The van der Waals surface area contributed by atoms with E-state index in [1.807, 2.05) is 0 Å². The number of pyridine rings is 1. The van der Waals surface area contributed by atoms with Gasteiger partial charge in [0, 0.05) is 24.4 Å². The number of anilines is 1. The van der Waals surface area contributed by atoms with Crippen LogP contribution in [0.4, 0.5) is 10.8 Å². The Morgan fingerprint density at radius 2 is 1.89 bits per heavy atom. The number of nitrogens with zero attached hydrogens (tertiary/aromatic N) is 4. The lowest BCUT2D eigenvalue weighted by atomic mass is 9.98. The van der Waals surface area contributed by atoms with E-state index in [9.17, 15) is 24.8 Å². The fraction of sp³-hybridized carbons (Fsp3) is 0.120. The molecule has 1 aliphatic heterocycles. The Labute approximate surface area is 223 Å². The summed E-state index contributed by atoms with van der Waals surface area (Å²) in [5.74, 6) is -2.02. The minimum Gasteiger partial charge on any atom is -0.507 e. The van der Waals surface area contributed by atoms with Gasteiger partial charge >= 0.3 is 5.91 Å². The Morgan fingerprint density at radius 1 is 1.13 bits per heavy atom. The molecule has 1 atom stereocenters. The number of ketones is 1. The largest absolute Gasteiger partial charge is 0.507 e. The molecule has 38 heavy (non-hydrogen) atoms. The lowest BCUT2D eigenvalue weighted by Crippen LogP contribution is -2.29. The zero-order chi connectivity index (χ0) is 27.1. The average molecular weight is 553 g/mol. The molecule has 0 spiro atoms. The molecule has 4 aromatic rings. The van der Waals surface area contributed by atoms with E-state index >= 15 is 0 Å². The number of thiazole rings is 1. The van der Waals surface area contributed by atoms with E-state index in [2.05, 4.69) is 9.97 Å². The number of hydrogen-bond acceptors (Lipinski definition) is 10. The van der Waals surface area contributed by atoms with E-state index in [1.54, 1.807) is 18.2 Å². The minimum atomic E-state index is -1.16. The molecule has 1 aliphatic rings. The van der Waals surface area contributed by atoms with Crippen molar-refractivity contribution >= 4 is 61.4 Å². The molecule has 1 unspecified atom stereocenters. The zero-order valence-corrected chi connectivity index (χ0v) is 21.3. The molecule has 1 saturated heterocycles. The summed E-state index contributed by atoms with van der Waals surface area (Å²) in [6.07, 6.45) is 1.49. The maximum atomic E-state index is 13.4. The molecule has 5 rings (SSSR count). The minimum absolute atomic E-state index is 0.0668. The topological polar surface area (TPSA) is 145 Å². The molecule has 0 aliphatic carbocycles. The maximum Gasteiger partial charge on any atom is 0.301 e. The summed E-state index contributed by atoms with van der Waals surface area (Å²) in [4.78, 5) is 47.4. The van der Waals surface area contributed by atoms with Crippen molar-refractivity contribution in [3.63, 3.8) is 0 Å². The van der Waals surface area contributed by atoms with Gasteiger partial charge in [0.05, 0.1) is 51.2 Å². The highest BCUT2D eigenvalue weighted by Gasteiger charge is 2.49. The number of carbonyl (C=O) groups excluding carboxylic acids is 2. The summed E-state index contributed by atoms with van der Waals surface area (Å²) in [5.41, 5.74) is 0.369. The van der Waals surface area contributed by atoms with Gasteiger partial charge < -0.3 is 14.6 Å². The third-order valence-corrected chi connectivity index (χ3v) is 7.23. The standard InChI is InChI=1S/C25H17ClN4O7S/c1-36-17-11-18(37-2)14(26)10-13(17)22(31)20-21(16-5-3-4-8-27-16)29(24(33)23(20)32)25-28-15-7-6-12(30(34)35)9-19(15)38-25/h3-11,21,31H,1-2H3/b22-20+. The van der Waals surface area contributed by atoms with Crippen LogP contribution < -0.4 is 14.4 Å². The second-order valence-electron chi connectivity index (χ2n) is 8.02. The van der Waals surface area contributed by atoms with Crippen molar-refractivity contribution in [2.75, 3.05) is 19.1 Å². The maximum absolute atomic E-state index is 13.4.